The first kappa shape index (κ1) is 19.1. The third kappa shape index (κ3) is 4.17. The molecule has 26 heavy (non-hydrogen) atoms. The molecule has 1 N–H and O–H groups in total. The van der Waals surface area contributed by atoms with Crippen LogP contribution in [0, 0.1) is 6.92 Å². The van der Waals surface area contributed by atoms with Crippen molar-refractivity contribution in [3.05, 3.63) is 46.4 Å². The standard InChI is InChI=1S/C20H27ClN2O3/c1-14-6-8-17(26-14)16(23-10-4-5-11-23)13-22-12-15-7-9-18(24-2)20(25-3)19(15)21/h6-9,16,22H,4-5,10-13H2,1-3H3. The maximum absolute atomic E-state index is 6.48. The summed E-state index contributed by atoms with van der Waals surface area (Å²) in [5.41, 5.74) is 0.986. The molecule has 5 nitrogen and oxygen atoms in total. The van der Waals surface area contributed by atoms with Crippen molar-refractivity contribution in [1.29, 1.82) is 0 Å². The maximum atomic E-state index is 6.48. The molecular formula is C20H27ClN2O3. The number of methoxy groups -OCH3 is 2. The second-order valence-corrected chi connectivity index (χ2v) is 6.99. The molecule has 0 spiro atoms. The summed E-state index contributed by atoms with van der Waals surface area (Å²) in [6.07, 6.45) is 2.50. The molecule has 1 fully saturated rings. The number of hydrogen-bond acceptors (Lipinski definition) is 5. The fraction of sp³-hybridized carbons (Fsp3) is 0.500. The van der Waals surface area contributed by atoms with Crippen molar-refractivity contribution in [1.82, 2.24) is 10.2 Å². The Labute approximate surface area is 160 Å². The van der Waals surface area contributed by atoms with Gasteiger partial charge in [-0.2, -0.15) is 0 Å². The van der Waals surface area contributed by atoms with Crippen molar-refractivity contribution in [2.75, 3.05) is 33.9 Å². The SMILES string of the molecule is COc1ccc(CNCC(c2ccc(C)o2)N2CCCC2)c(Cl)c1OC. The summed E-state index contributed by atoms with van der Waals surface area (Å²) in [6.45, 7) is 5.68. The van der Waals surface area contributed by atoms with E-state index < -0.39 is 0 Å². The van der Waals surface area contributed by atoms with E-state index in [1.54, 1.807) is 14.2 Å². The minimum atomic E-state index is 0.241. The Morgan fingerprint density at radius 1 is 1.15 bits per heavy atom. The van der Waals surface area contributed by atoms with E-state index in [0.29, 0.717) is 23.1 Å². The van der Waals surface area contributed by atoms with Gasteiger partial charge in [-0.25, -0.2) is 0 Å². The van der Waals surface area contributed by atoms with Crippen LogP contribution < -0.4 is 14.8 Å². The Kier molecular flexibility index (Phi) is 6.46. The molecule has 142 valence electrons. The molecule has 1 aliphatic heterocycles. The minimum absolute atomic E-state index is 0.241. The van der Waals surface area contributed by atoms with Crippen molar-refractivity contribution in [3.8, 4) is 11.5 Å². The van der Waals surface area contributed by atoms with Crippen molar-refractivity contribution in [2.45, 2.75) is 32.4 Å². The van der Waals surface area contributed by atoms with Crippen molar-refractivity contribution in [3.63, 3.8) is 0 Å². The summed E-state index contributed by atoms with van der Waals surface area (Å²) in [4.78, 5) is 2.49. The van der Waals surface area contributed by atoms with Gasteiger partial charge in [0.2, 0.25) is 0 Å². The van der Waals surface area contributed by atoms with Crippen LogP contribution in [0.25, 0.3) is 0 Å². The second-order valence-electron chi connectivity index (χ2n) is 6.61. The van der Waals surface area contributed by atoms with Gasteiger partial charge >= 0.3 is 0 Å². The largest absolute Gasteiger partial charge is 0.493 e. The molecule has 1 aromatic heterocycles. The van der Waals surface area contributed by atoms with Gasteiger partial charge in [0, 0.05) is 13.1 Å². The molecule has 0 radical (unpaired) electrons. The molecule has 6 heteroatoms. The molecule has 1 atom stereocenters. The number of hydrogen-bond donors (Lipinski definition) is 1. The smallest absolute Gasteiger partial charge is 0.179 e. The van der Waals surface area contributed by atoms with E-state index in [0.717, 1.165) is 36.7 Å². The van der Waals surface area contributed by atoms with Gasteiger partial charge in [0.1, 0.15) is 11.5 Å². The normalized spacial score (nSPS) is 16.0. The predicted octanol–water partition coefficient (Wildman–Crippen LogP) is 4.19. The number of nitrogens with zero attached hydrogens (tertiary/aromatic N) is 1. The van der Waals surface area contributed by atoms with Gasteiger partial charge in [-0.1, -0.05) is 17.7 Å². The van der Waals surface area contributed by atoms with Crippen LogP contribution in [0.3, 0.4) is 0 Å². The molecule has 0 amide bonds. The molecule has 0 bridgehead atoms. The van der Waals surface area contributed by atoms with Gasteiger partial charge in [-0.15, -0.1) is 0 Å². The zero-order valence-corrected chi connectivity index (χ0v) is 16.4. The molecule has 1 unspecified atom stereocenters. The quantitative estimate of drug-likeness (QED) is 0.746. The first-order chi connectivity index (χ1) is 12.6. The van der Waals surface area contributed by atoms with E-state index in [9.17, 15) is 0 Å². The summed E-state index contributed by atoms with van der Waals surface area (Å²) in [5.74, 6) is 3.19. The van der Waals surface area contributed by atoms with Crippen LogP contribution in [0.2, 0.25) is 5.02 Å². The van der Waals surface area contributed by atoms with Crippen LogP contribution in [0.15, 0.2) is 28.7 Å². The third-order valence-electron chi connectivity index (χ3n) is 4.89. The highest BCUT2D eigenvalue weighted by Crippen LogP contribution is 2.37. The fourth-order valence-corrected chi connectivity index (χ4v) is 3.81. The molecule has 2 heterocycles. The molecule has 1 aliphatic rings. The number of ether oxygens (including phenoxy) is 2. The number of aryl methyl sites for hydroxylation is 1. The van der Waals surface area contributed by atoms with Crippen molar-refractivity contribution >= 4 is 11.6 Å². The zero-order chi connectivity index (χ0) is 18.5. The van der Waals surface area contributed by atoms with E-state index in [1.807, 2.05) is 25.1 Å². The Morgan fingerprint density at radius 2 is 1.92 bits per heavy atom. The summed E-state index contributed by atoms with van der Waals surface area (Å²) >= 11 is 6.48. The van der Waals surface area contributed by atoms with Crippen LogP contribution in [-0.2, 0) is 6.54 Å². The van der Waals surface area contributed by atoms with Crippen LogP contribution in [0.1, 0.15) is 36.0 Å². The highest BCUT2D eigenvalue weighted by molar-refractivity contribution is 6.33. The van der Waals surface area contributed by atoms with Crippen LogP contribution in [0.4, 0.5) is 0 Å². The second kappa shape index (κ2) is 8.80. The molecule has 0 saturated carbocycles. The third-order valence-corrected chi connectivity index (χ3v) is 5.30. The number of likely N-dealkylation sites (tertiary alicyclic amines) is 1. The number of rotatable bonds is 8. The van der Waals surface area contributed by atoms with Gasteiger partial charge in [-0.3, -0.25) is 4.90 Å². The lowest BCUT2D eigenvalue weighted by atomic mass is 10.1. The van der Waals surface area contributed by atoms with Gasteiger partial charge in [0.25, 0.3) is 0 Å². The lowest BCUT2D eigenvalue weighted by Crippen LogP contribution is -2.33. The van der Waals surface area contributed by atoms with Gasteiger partial charge in [-0.05, 0) is 56.6 Å². The zero-order valence-electron chi connectivity index (χ0n) is 15.7. The number of nitrogens with one attached hydrogen (secondary N) is 1. The van der Waals surface area contributed by atoms with Crippen LogP contribution in [0.5, 0.6) is 11.5 Å². The molecular weight excluding hydrogens is 352 g/mol. The highest BCUT2D eigenvalue weighted by Gasteiger charge is 2.25. The first-order valence-electron chi connectivity index (χ1n) is 9.04. The Morgan fingerprint density at radius 3 is 2.54 bits per heavy atom. The number of furan rings is 1. The average molecular weight is 379 g/mol. The van der Waals surface area contributed by atoms with Crippen molar-refractivity contribution in [2.24, 2.45) is 0 Å². The maximum Gasteiger partial charge on any atom is 0.179 e. The number of halogens is 1. The molecule has 1 saturated heterocycles. The Hall–Kier alpha value is -1.69. The molecule has 1 aromatic carbocycles. The summed E-state index contributed by atoms with van der Waals surface area (Å²) < 4.78 is 16.6. The molecule has 2 aromatic rings. The van der Waals surface area contributed by atoms with E-state index in [1.165, 1.54) is 12.8 Å². The average Bonchev–Trinajstić information content (AvgIpc) is 3.31. The summed E-state index contributed by atoms with van der Waals surface area (Å²) in [6, 6.07) is 8.21. The van der Waals surface area contributed by atoms with Gasteiger partial charge in [0.05, 0.1) is 25.3 Å². The van der Waals surface area contributed by atoms with Crippen molar-refractivity contribution < 1.29 is 13.9 Å². The highest BCUT2D eigenvalue weighted by atomic mass is 35.5. The summed E-state index contributed by atoms with van der Waals surface area (Å²) in [7, 11) is 3.21. The molecule has 3 rings (SSSR count). The fourth-order valence-electron chi connectivity index (χ4n) is 3.51. The summed E-state index contributed by atoms with van der Waals surface area (Å²) in [5, 5.41) is 4.12. The van der Waals surface area contributed by atoms with E-state index in [4.69, 9.17) is 25.5 Å². The first-order valence-corrected chi connectivity index (χ1v) is 9.42. The van der Waals surface area contributed by atoms with E-state index in [2.05, 4.69) is 16.3 Å². The number of benzene rings is 1. The van der Waals surface area contributed by atoms with Crippen LogP contribution >= 0.6 is 11.6 Å². The lowest BCUT2D eigenvalue weighted by molar-refractivity contribution is 0.207. The van der Waals surface area contributed by atoms with E-state index >= 15 is 0 Å². The Bertz CT molecular complexity index is 726. The lowest BCUT2D eigenvalue weighted by Gasteiger charge is -2.26. The predicted molar refractivity (Wildman–Crippen MR) is 103 cm³/mol. The van der Waals surface area contributed by atoms with Gasteiger partial charge < -0.3 is 19.2 Å². The van der Waals surface area contributed by atoms with Crippen LogP contribution in [-0.4, -0.2) is 38.8 Å². The topological polar surface area (TPSA) is 46.9 Å². The van der Waals surface area contributed by atoms with E-state index in [-0.39, 0.29) is 6.04 Å². The molecule has 0 aliphatic carbocycles. The van der Waals surface area contributed by atoms with Gasteiger partial charge in [0.15, 0.2) is 11.5 Å². The monoisotopic (exact) mass is 378 g/mol. The Balaban J connectivity index is 1.68. The minimum Gasteiger partial charge on any atom is -0.493 e.